The standard InChI is InChI=1S/C16H20/c1-11-6-7-13-8-9-15(16(3,4)5)12(2)14(13)10-11/h6-10H,1-5H3/i6D,7D,8D,9D,10D. The molecule has 0 aromatic heterocycles. The predicted molar refractivity (Wildman–Crippen MR) is 72.1 cm³/mol. The molecule has 16 heavy (non-hydrogen) atoms. The molecule has 0 heterocycles. The van der Waals surface area contributed by atoms with Crippen molar-refractivity contribution in [1.82, 2.24) is 0 Å². The van der Waals surface area contributed by atoms with Crippen LogP contribution in [-0.4, -0.2) is 0 Å². The molecule has 0 spiro atoms. The van der Waals surface area contributed by atoms with Crippen molar-refractivity contribution in [3.05, 3.63) is 46.9 Å². The number of benzene rings is 2. The average Bonchev–Trinajstić information content (AvgIpc) is 2.36. The minimum Gasteiger partial charge on any atom is -0.0587 e. The third kappa shape index (κ3) is 1.84. The molecule has 0 saturated heterocycles. The Morgan fingerprint density at radius 1 is 1.00 bits per heavy atom. The first-order chi connectivity index (χ1) is 9.50. The Kier molecular flexibility index (Phi) is 1.46. The Bertz CT molecular complexity index is 754. The summed E-state index contributed by atoms with van der Waals surface area (Å²) in [6.45, 7) is 9.46. The predicted octanol–water partition coefficient (Wildman–Crippen LogP) is 4.75. The smallest absolute Gasteiger partial charge is 0.0587 e. The van der Waals surface area contributed by atoms with E-state index in [0.29, 0.717) is 10.9 Å². The number of rotatable bonds is 0. The maximum atomic E-state index is 8.29. The van der Waals surface area contributed by atoms with Crippen LogP contribution in [-0.2, 0) is 5.41 Å². The molecule has 2 aromatic rings. The lowest BCUT2D eigenvalue weighted by Gasteiger charge is -2.23. The van der Waals surface area contributed by atoms with Crippen LogP contribution in [0.2, 0.25) is 0 Å². The van der Waals surface area contributed by atoms with Crippen molar-refractivity contribution in [2.24, 2.45) is 0 Å². The first kappa shape index (κ1) is 6.44. The molecule has 0 nitrogen and oxygen atoms in total. The van der Waals surface area contributed by atoms with E-state index in [2.05, 4.69) is 0 Å². The van der Waals surface area contributed by atoms with Gasteiger partial charge in [-0.3, -0.25) is 0 Å². The quantitative estimate of drug-likeness (QED) is 0.597. The van der Waals surface area contributed by atoms with Crippen LogP contribution >= 0.6 is 0 Å². The second-order valence-corrected chi connectivity index (χ2v) is 5.25. The maximum Gasteiger partial charge on any atom is 0.0632 e. The molecule has 0 aliphatic rings. The number of hydrogen-bond donors (Lipinski definition) is 0. The number of aryl methyl sites for hydroxylation is 1. The SMILES string of the molecule is [2H]c1c(C)c([2H])c2c(C)c(C(C)(C)C)c([2H])c([2H])c2c1[2H]. The number of hydrogen-bond acceptors (Lipinski definition) is 0. The molecule has 0 amide bonds. The molecule has 0 heteroatoms. The van der Waals surface area contributed by atoms with Crippen molar-refractivity contribution in [3.8, 4) is 0 Å². The Labute approximate surface area is 105 Å². The summed E-state index contributed by atoms with van der Waals surface area (Å²) in [6.07, 6.45) is 0. The van der Waals surface area contributed by atoms with Crippen molar-refractivity contribution in [2.75, 3.05) is 0 Å². The zero-order valence-electron chi connectivity index (χ0n) is 15.5. The third-order valence-corrected chi connectivity index (χ3v) is 2.75. The van der Waals surface area contributed by atoms with E-state index >= 15 is 0 Å². The summed E-state index contributed by atoms with van der Waals surface area (Å²) in [5, 5.41) is 0.797. The van der Waals surface area contributed by atoms with Crippen molar-refractivity contribution in [3.63, 3.8) is 0 Å². The van der Waals surface area contributed by atoms with Crippen LogP contribution in [0, 0.1) is 13.8 Å². The topological polar surface area (TPSA) is 0 Å². The van der Waals surface area contributed by atoms with E-state index < -0.39 is 0 Å². The van der Waals surface area contributed by atoms with Gasteiger partial charge in [-0.1, -0.05) is 56.5 Å². The minimum atomic E-state index is -0.312. The second-order valence-electron chi connectivity index (χ2n) is 5.25. The van der Waals surface area contributed by atoms with Crippen LogP contribution in [0.15, 0.2) is 30.2 Å². The van der Waals surface area contributed by atoms with Gasteiger partial charge < -0.3 is 0 Å². The van der Waals surface area contributed by atoms with E-state index in [1.807, 2.05) is 27.7 Å². The van der Waals surface area contributed by atoms with Crippen molar-refractivity contribution in [2.45, 2.75) is 40.0 Å². The maximum absolute atomic E-state index is 8.29. The summed E-state index contributed by atoms with van der Waals surface area (Å²) in [6, 6.07) is 0.169. The lowest BCUT2D eigenvalue weighted by Crippen LogP contribution is -2.13. The second kappa shape index (κ2) is 3.62. The van der Waals surface area contributed by atoms with Crippen LogP contribution in [0.4, 0.5) is 0 Å². The van der Waals surface area contributed by atoms with Crippen molar-refractivity contribution < 1.29 is 6.85 Å². The molecule has 2 rings (SSSR count). The summed E-state index contributed by atoms with van der Waals surface area (Å²) in [5.74, 6) is 0. The Balaban J connectivity index is 3.19. The van der Waals surface area contributed by atoms with Crippen LogP contribution in [0.5, 0.6) is 0 Å². The molecule has 0 atom stereocenters. The highest BCUT2D eigenvalue weighted by atomic mass is 14.2. The molecular weight excluding hydrogens is 192 g/mol. The molecule has 0 radical (unpaired) electrons. The van der Waals surface area contributed by atoms with Crippen LogP contribution in [0.25, 0.3) is 10.8 Å². The lowest BCUT2D eigenvalue weighted by atomic mass is 9.82. The molecule has 0 bridgehead atoms. The summed E-state index contributed by atoms with van der Waals surface area (Å²) in [7, 11) is 0. The van der Waals surface area contributed by atoms with Gasteiger partial charge in [-0.15, -0.1) is 0 Å². The summed E-state index contributed by atoms with van der Waals surface area (Å²) in [5.41, 5.74) is 1.66. The monoisotopic (exact) mass is 217 g/mol. The average molecular weight is 217 g/mol. The minimum absolute atomic E-state index is 0.0247. The highest BCUT2D eigenvalue weighted by Gasteiger charge is 2.17. The summed E-state index contributed by atoms with van der Waals surface area (Å²) in [4.78, 5) is 0. The molecule has 0 fully saturated rings. The Morgan fingerprint density at radius 2 is 1.62 bits per heavy atom. The molecule has 2 aromatic carbocycles. The van der Waals surface area contributed by atoms with Crippen LogP contribution < -0.4 is 0 Å². The van der Waals surface area contributed by atoms with Gasteiger partial charge >= 0.3 is 0 Å². The molecule has 0 aliphatic carbocycles. The Hall–Kier alpha value is -1.30. The zero-order chi connectivity index (χ0) is 16.3. The van der Waals surface area contributed by atoms with E-state index in [9.17, 15) is 0 Å². The largest absolute Gasteiger partial charge is 0.0632 e. The molecule has 0 saturated carbocycles. The van der Waals surface area contributed by atoms with E-state index in [0.717, 1.165) is 11.1 Å². The van der Waals surface area contributed by atoms with Crippen molar-refractivity contribution in [1.29, 1.82) is 0 Å². The van der Waals surface area contributed by atoms with Gasteiger partial charge in [-0.2, -0.15) is 0 Å². The summed E-state index contributed by atoms with van der Waals surface area (Å²) >= 11 is 0. The van der Waals surface area contributed by atoms with E-state index in [1.165, 1.54) is 0 Å². The van der Waals surface area contributed by atoms with E-state index in [1.54, 1.807) is 6.92 Å². The van der Waals surface area contributed by atoms with Gasteiger partial charge in [0.1, 0.15) is 0 Å². The first-order valence-electron chi connectivity index (χ1n) is 8.00. The van der Waals surface area contributed by atoms with Gasteiger partial charge in [0.2, 0.25) is 0 Å². The fourth-order valence-electron chi connectivity index (χ4n) is 1.97. The van der Waals surface area contributed by atoms with Crippen LogP contribution in [0.1, 0.15) is 44.3 Å². The van der Waals surface area contributed by atoms with Gasteiger partial charge in [-0.05, 0) is 41.2 Å². The molecule has 84 valence electrons. The van der Waals surface area contributed by atoms with Gasteiger partial charge in [0, 0.05) is 0 Å². The Morgan fingerprint density at radius 3 is 2.25 bits per heavy atom. The third-order valence-electron chi connectivity index (χ3n) is 2.75. The molecule has 0 N–H and O–H groups in total. The molecular formula is C16H20. The molecule has 0 aliphatic heterocycles. The van der Waals surface area contributed by atoms with Gasteiger partial charge in [0.15, 0.2) is 0 Å². The van der Waals surface area contributed by atoms with Crippen molar-refractivity contribution >= 4 is 10.8 Å². The van der Waals surface area contributed by atoms with Gasteiger partial charge in [-0.25, -0.2) is 0 Å². The fraction of sp³-hybridized carbons (Fsp3) is 0.375. The summed E-state index contributed by atoms with van der Waals surface area (Å²) < 4.78 is 40.8. The fourth-order valence-corrected chi connectivity index (χ4v) is 1.97. The van der Waals surface area contributed by atoms with E-state index in [4.69, 9.17) is 6.85 Å². The normalized spacial score (nSPS) is 16.4. The van der Waals surface area contributed by atoms with E-state index in [-0.39, 0.29) is 41.0 Å². The van der Waals surface area contributed by atoms with Gasteiger partial charge in [0.05, 0.1) is 6.85 Å². The zero-order valence-corrected chi connectivity index (χ0v) is 10.5. The van der Waals surface area contributed by atoms with Crippen LogP contribution in [0.3, 0.4) is 0 Å². The highest BCUT2D eigenvalue weighted by molar-refractivity contribution is 5.87. The highest BCUT2D eigenvalue weighted by Crippen LogP contribution is 2.31. The lowest BCUT2D eigenvalue weighted by molar-refractivity contribution is 0.587. The number of fused-ring (bicyclic) bond motifs is 1. The first-order valence-corrected chi connectivity index (χ1v) is 5.50. The molecule has 0 unspecified atom stereocenters. The van der Waals surface area contributed by atoms with Gasteiger partial charge in [0.25, 0.3) is 0 Å².